The van der Waals surface area contributed by atoms with E-state index < -0.39 is 151 Å². The normalized spacial score (nSPS) is 15.8. The van der Waals surface area contributed by atoms with E-state index in [4.69, 9.17) is 11.5 Å². The molecule has 2 aliphatic rings. The number of carbonyl (C=O) groups is 12. The van der Waals surface area contributed by atoms with Gasteiger partial charge in [-0.05, 0) is 39.8 Å². The number of hydrogen-bond acceptors (Lipinski definition) is 20. The van der Waals surface area contributed by atoms with Crippen LogP contribution in [0.25, 0.3) is 0 Å². The molecule has 96 heavy (non-hydrogen) atoms. The van der Waals surface area contributed by atoms with Gasteiger partial charge < -0.3 is 74.4 Å². The van der Waals surface area contributed by atoms with Crippen molar-refractivity contribution in [2.45, 2.75) is 169 Å². The van der Waals surface area contributed by atoms with Gasteiger partial charge in [-0.15, -0.1) is 0 Å². The van der Waals surface area contributed by atoms with E-state index in [1.807, 2.05) is 27.8 Å². The molecule has 8 amide bonds. The number of piperazine rings is 2. The van der Waals surface area contributed by atoms with Crippen LogP contribution in [0.15, 0.2) is 0 Å². The Morgan fingerprint density at radius 2 is 0.698 bits per heavy atom. The van der Waals surface area contributed by atoms with Crippen LogP contribution in [0.2, 0.25) is 0 Å². The van der Waals surface area contributed by atoms with E-state index in [0.29, 0.717) is 91.1 Å². The summed E-state index contributed by atoms with van der Waals surface area (Å²) in [5.74, 6) is -12.9. The van der Waals surface area contributed by atoms with Crippen LogP contribution in [0.5, 0.6) is 0 Å². The van der Waals surface area contributed by atoms with Crippen LogP contribution in [0.4, 0.5) is 0 Å². The van der Waals surface area contributed by atoms with Gasteiger partial charge in [0.15, 0.2) is 5.78 Å². The van der Waals surface area contributed by atoms with E-state index in [9.17, 15) is 57.5 Å². The summed E-state index contributed by atoms with van der Waals surface area (Å²) in [6.07, 6.45) is 3.49. The fraction of sp³-hybridized carbons (Fsp3) is 0.824. The molecule has 28 nitrogen and oxygen atoms in total. The summed E-state index contributed by atoms with van der Waals surface area (Å²) in [7, 11) is 4.11. The molecule has 0 aromatic heterocycles. The van der Waals surface area contributed by atoms with Crippen molar-refractivity contribution < 1.29 is 57.5 Å². The Bertz CT molecular complexity index is 2320. The molecular formula is C68H126N16O12. The van der Waals surface area contributed by atoms with Crippen molar-refractivity contribution in [3.63, 3.8) is 0 Å². The van der Waals surface area contributed by atoms with Crippen molar-refractivity contribution in [2.24, 2.45) is 41.1 Å². The highest BCUT2D eigenvalue weighted by Crippen LogP contribution is 2.24. The van der Waals surface area contributed by atoms with Crippen LogP contribution in [0.3, 0.4) is 0 Å². The third kappa shape index (κ3) is 40.1. The van der Waals surface area contributed by atoms with E-state index in [2.05, 4.69) is 79.8 Å². The van der Waals surface area contributed by atoms with E-state index in [1.165, 1.54) is 0 Å². The van der Waals surface area contributed by atoms with Gasteiger partial charge in [-0.25, -0.2) is 0 Å². The third-order valence-corrected chi connectivity index (χ3v) is 17.7. The second-order valence-electron chi connectivity index (χ2n) is 26.1. The second-order valence-corrected chi connectivity index (χ2v) is 26.1. The van der Waals surface area contributed by atoms with E-state index in [-0.39, 0.29) is 51.5 Å². The summed E-state index contributed by atoms with van der Waals surface area (Å²) in [4.78, 5) is 178. The monoisotopic (exact) mass is 1360 g/mol. The summed E-state index contributed by atoms with van der Waals surface area (Å²) in [6.45, 7) is 20.2. The van der Waals surface area contributed by atoms with Crippen molar-refractivity contribution in [3.8, 4) is 0 Å². The number of nitrogens with one attached hydrogen (secondary N) is 10. The Hall–Kier alpha value is -5.88. The number of ketones is 4. The summed E-state index contributed by atoms with van der Waals surface area (Å²) >= 11 is 0. The number of unbranched alkanes of at least 4 members (excludes halogenated alkanes) is 7. The van der Waals surface area contributed by atoms with Crippen LogP contribution in [0, 0.1) is 29.6 Å². The maximum atomic E-state index is 14.8. The Morgan fingerprint density at radius 3 is 1.21 bits per heavy atom. The second kappa shape index (κ2) is 53.1. The van der Waals surface area contributed by atoms with Gasteiger partial charge in [0.1, 0.15) is 17.3 Å². The van der Waals surface area contributed by atoms with Gasteiger partial charge in [-0.2, -0.15) is 0 Å². The van der Waals surface area contributed by atoms with Gasteiger partial charge in [0, 0.05) is 220 Å². The Labute approximate surface area is 572 Å². The number of amides is 8. The summed E-state index contributed by atoms with van der Waals surface area (Å²) < 4.78 is 0. The topological polar surface area (TPSA) is 390 Å². The number of carbonyl (C=O) groups excluding carboxylic acids is 12. The standard InChI is InChI=1S/C68H126N16O12/c1-7-11-14-16-21-73-63(91)50-58(60(88)46-53(66(94)78-28-26-72-24-19-70)43-57(86)44-54(67(95)76-20-13-9-3)48-62(90)74-27-25-71-23-18-69)80-64(92)49-55(68(96)77-22-17-15-12-8-2)45-59(87)52(47-61(89)75-29-31-83-37-33-81(5)34-38-83)42-56(85)41-51(10-4)65(93)79-30-32-84-39-35-82(6)36-40-84/h51-55,58,71-72H,7-50,69-70H2,1-6H3,(H,73,91)(H,74,90)(H,75,89)(H,76,95)(H,77,96)(H,78,94)(H,79,93)(H,80,92). The molecule has 0 aromatic rings. The highest BCUT2D eigenvalue weighted by molar-refractivity contribution is 5.99. The molecule has 0 spiro atoms. The van der Waals surface area contributed by atoms with Crippen molar-refractivity contribution in [1.82, 2.24) is 72.8 Å². The molecule has 0 saturated carbocycles. The smallest absolute Gasteiger partial charge is 0.224 e. The number of likely N-dealkylation sites (N-methyl/N-ethyl adjacent to an activating group) is 2. The first-order valence-electron chi connectivity index (χ1n) is 36.1. The molecule has 14 N–H and O–H groups in total. The third-order valence-electron chi connectivity index (χ3n) is 17.7. The Balaban J connectivity index is 2.57. The van der Waals surface area contributed by atoms with Gasteiger partial charge in [-0.3, -0.25) is 67.3 Å². The molecular weight excluding hydrogens is 1230 g/mol. The maximum Gasteiger partial charge on any atom is 0.224 e. The lowest BCUT2D eigenvalue weighted by atomic mass is 9.84. The average molecular weight is 1360 g/mol. The van der Waals surface area contributed by atoms with Gasteiger partial charge in [0.25, 0.3) is 0 Å². The molecule has 550 valence electrons. The molecule has 2 saturated heterocycles. The number of hydrogen-bond donors (Lipinski definition) is 12. The van der Waals surface area contributed by atoms with Crippen LogP contribution in [-0.2, 0) is 57.5 Å². The number of rotatable bonds is 57. The predicted molar refractivity (Wildman–Crippen MR) is 372 cm³/mol. The zero-order valence-corrected chi connectivity index (χ0v) is 59.4. The molecule has 2 aliphatic heterocycles. The number of nitrogens with zero attached hydrogens (tertiary/aromatic N) is 4. The molecule has 2 heterocycles. The minimum atomic E-state index is -1.60. The lowest BCUT2D eigenvalue weighted by Crippen LogP contribution is -2.47. The number of nitrogens with two attached hydrogens (primary N) is 2. The molecule has 0 bridgehead atoms. The lowest BCUT2D eigenvalue weighted by Gasteiger charge is -2.32. The van der Waals surface area contributed by atoms with Crippen molar-refractivity contribution in [2.75, 3.05) is 165 Å². The predicted octanol–water partition coefficient (Wildman–Crippen LogP) is -0.495. The van der Waals surface area contributed by atoms with Crippen molar-refractivity contribution in [1.29, 1.82) is 0 Å². The summed E-state index contributed by atoms with van der Waals surface area (Å²) in [5, 5.41) is 28.7. The highest BCUT2D eigenvalue weighted by Gasteiger charge is 2.36. The van der Waals surface area contributed by atoms with Crippen LogP contribution in [0.1, 0.15) is 163 Å². The van der Waals surface area contributed by atoms with E-state index in [0.717, 1.165) is 97.3 Å². The Morgan fingerprint density at radius 1 is 0.333 bits per heavy atom. The van der Waals surface area contributed by atoms with Gasteiger partial charge in [0.2, 0.25) is 47.3 Å². The average Bonchev–Trinajstić information content (AvgIpc) is 1.05. The first kappa shape index (κ1) is 86.2. The molecule has 0 radical (unpaired) electrons. The summed E-state index contributed by atoms with van der Waals surface area (Å²) in [6, 6.07) is -1.60. The number of Topliss-reactive ketones (excluding diaryl/α,β-unsaturated/α-hetero) is 4. The van der Waals surface area contributed by atoms with Gasteiger partial charge >= 0.3 is 0 Å². The van der Waals surface area contributed by atoms with Crippen LogP contribution >= 0.6 is 0 Å². The molecule has 6 unspecified atom stereocenters. The first-order valence-corrected chi connectivity index (χ1v) is 36.1. The fourth-order valence-electron chi connectivity index (χ4n) is 11.5. The van der Waals surface area contributed by atoms with E-state index >= 15 is 0 Å². The van der Waals surface area contributed by atoms with Gasteiger partial charge in [0.05, 0.1) is 30.2 Å². The lowest BCUT2D eigenvalue weighted by molar-refractivity contribution is -0.138. The maximum absolute atomic E-state index is 14.8. The zero-order valence-electron chi connectivity index (χ0n) is 59.4. The van der Waals surface area contributed by atoms with Crippen molar-refractivity contribution >= 4 is 70.4 Å². The minimum absolute atomic E-state index is 0.0759. The van der Waals surface area contributed by atoms with Gasteiger partial charge in [-0.1, -0.05) is 72.6 Å². The zero-order chi connectivity index (χ0) is 70.9. The first-order chi connectivity index (χ1) is 46.2. The largest absolute Gasteiger partial charge is 0.356 e. The van der Waals surface area contributed by atoms with Crippen LogP contribution in [-0.4, -0.2) is 261 Å². The summed E-state index contributed by atoms with van der Waals surface area (Å²) in [5.41, 5.74) is 11.2. The quantitative estimate of drug-likeness (QED) is 0.0342. The SMILES string of the molecule is CCCCCCNC(=O)CC(NC(=O)CC(CC(=O)C(CC(=O)CC(CC)C(=O)NCCN1CCN(C)CC1)CC(=O)NCCN1CCN(C)CC1)C(=O)NCCCCCC)C(=O)CC(CC(=O)CC(CC(=O)NCCNCCN)C(=O)NCCCC)C(=O)NCCNCCN. The fourth-order valence-corrected chi connectivity index (χ4v) is 11.5. The molecule has 6 atom stereocenters. The molecule has 0 aromatic carbocycles. The molecule has 2 fully saturated rings. The van der Waals surface area contributed by atoms with Crippen LogP contribution < -0.4 is 64.6 Å². The molecule has 0 aliphatic carbocycles. The molecule has 28 heteroatoms. The molecule has 2 rings (SSSR count). The van der Waals surface area contributed by atoms with E-state index in [1.54, 1.807) is 6.92 Å². The highest BCUT2D eigenvalue weighted by atomic mass is 16.2. The minimum Gasteiger partial charge on any atom is -0.356 e. The Kier molecular flexibility index (Phi) is 47.7. The van der Waals surface area contributed by atoms with Crippen molar-refractivity contribution in [3.05, 3.63) is 0 Å².